The third-order valence-electron chi connectivity index (χ3n) is 2.64. The summed E-state index contributed by atoms with van der Waals surface area (Å²) in [5, 5.41) is 0. The maximum absolute atomic E-state index is 10.4. The molecule has 78 valence electrons. The Hall–Kier alpha value is -1.67. The zero-order valence-corrected chi connectivity index (χ0v) is 8.78. The Kier molecular flexibility index (Phi) is 2.29. The first-order valence-corrected chi connectivity index (χ1v) is 4.83. The number of hydrogen-bond donors (Lipinski definition) is 0. The minimum Gasteiger partial charge on any atom is -0.495 e. The van der Waals surface area contributed by atoms with Crippen molar-refractivity contribution in [2.45, 2.75) is 25.3 Å². The van der Waals surface area contributed by atoms with Gasteiger partial charge in [0.05, 0.1) is 7.11 Å². The molecule has 0 spiro atoms. The fraction of sp³-hybridized carbons (Fsp3) is 0.455. The molecular weight excluding hydrogens is 192 g/mol. The lowest BCUT2D eigenvalue weighted by Crippen LogP contribution is -2.08. The summed E-state index contributed by atoms with van der Waals surface area (Å²) in [5.74, 6) is 0.692. The Balaban J connectivity index is 2.50. The Morgan fingerprint density at radius 2 is 2.27 bits per heavy atom. The second-order valence-corrected chi connectivity index (χ2v) is 3.74. The van der Waals surface area contributed by atoms with Gasteiger partial charge in [-0.2, -0.15) is 4.99 Å². The van der Waals surface area contributed by atoms with Crippen molar-refractivity contribution >= 4 is 6.08 Å². The van der Waals surface area contributed by atoms with Crippen molar-refractivity contribution in [1.82, 2.24) is 4.98 Å². The van der Waals surface area contributed by atoms with Gasteiger partial charge in [-0.05, 0) is 31.9 Å². The SMILES string of the molecule is COc1ccc(C)nc1C1(N=C=O)CC1. The van der Waals surface area contributed by atoms with Gasteiger partial charge in [0.2, 0.25) is 6.08 Å². The lowest BCUT2D eigenvalue weighted by atomic mass is 10.1. The third kappa shape index (κ3) is 1.64. The molecule has 1 aliphatic carbocycles. The zero-order valence-electron chi connectivity index (χ0n) is 8.78. The van der Waals surface area contributed by atoms with Gasteiger partial charge in [0, 0.05) is 5.69 Å². The van der Waals surface area contributed by atoms with Crippen LogP contribution in [0.2, 0.25) is 0 Å². The first-order valence-electron chi connectivity index (χ1n) is 4.83. The monoisotopic (exact) mass is 204 g/mol. The van der Waals surface area contributed by atoms with E-state index in [1.54, 1.807) is 13.2 Å². The van der Waals surface area contributed by atoms with E-state index in [1.165, 1.54) is 0 Å². The van der Waals surface area contributed by atoms with E-state index in [2.05, 4.69) is 9.98 Å². The van der Waals surface area contributed by atoms with Crippen molar-refractivity contribution in [1.29, 1.82) is 0 Å². The normalized spacial score (nSPS) is 16.7. The van der Waals surface area contributed by atoms with E-state index in [4.69, 9.17) is 4.74 Å². The maximum atomic E-state index is 10.4. The molecular formula is C11H12N2O2. The summed E-state index contributed by atoms with van der Waals surface area (Å²) in [4.78, 5) is 18.6. The number of hydrogen-bond acceptors (Lipinski definition) is 4. The van der Waals surface area contributed by atoms with E-state index in [9.17, 15) is 4.79 Å². The van der Waals surface area contributed by atoms with Gasteiger partial charge in [-0.1, -0.05) is 0 Å². The average molecular weight is 204 g/mol. The van der Waals surface area contributed by atoms with Crippen molar-refractivity contribution in [3.05, 3.63) is 23.5 Å². The number of isocyanates is 1. The predicted molar refractivity (Wildman–Crippen MR) is 54.6 cm³/mol. The van der Waals surface area contributed by atoms with Crippen molar-refractivity contribution in [3.8, 4) is 5.75 Å². The van der Waals surface area contributed by atoms with Crippen molar-refractivity contribution in [2.24, 2.45) is 4.99 Å². The van der Waals surface area contributed by atoms with Gasteiger partial charge >= 0.3 is 0 Å². The summed E-state index contributed by atoms with van der Waals surface area (Å²) in [7, 11) is 1.59. The van der Waals surface area contributed by atoms with E-state index < -0.39 is 5.54 Å². The van der Waals surface area contributed by atoms with Crippen LogP contribution in [0.5, 0.6) is 5.75 Å². The Morgan fingerprint density at radius 3 is 2.80 bits per heavy atom. The van der Waals surface area contributed by atoms with Crippen LogP contribution >= 0.6 is 0 Å². The quantitative estimate of drug-likeness (QED) is 0.556. The molecule has 2 rings (SSSR count). The van der Waals surface area contributed by atoms with Gasteiger partial charge in [0.1, 0.15) is 17.0 Å². The topological polar surface area (TPSA) is 51.6 Å². The number of rotatable bonds is 3. The lowest BCUT2D eigenvalue weighted by Gasteiger charge is -2.12. The fourth-order valence-corrected chi connectivity index (χ4v) is 1.65. The Morgan fingerprint density at radius 1 is 1.53 bits per heavy atom. The summed E-state index contributed by atoms with van der Waals surface area (Å²) in [6.07, 6.45) is 3.30. The largest absolute Gasteiger partial charge is 0.495 e. The molecule has 1 aliphatic rings. The number of aliphatic imine (C=N–C) groups is 1. The maximum Gasteiger partial charge on any atom is 0.235 e. The van der Waals surface area contributed by atoms with Crippen molar-refractivity contribution in [3.63, 3.8) is 0 Å². The highest BCUT2D eigenvalue weighted by atomic mass is 16.5. The van der Waals surface area contributed by atoms with Gasteiger partial charge in [0.15, 0.2) is 0 Å². The van der Waals surface area contributed by atoms with Gasteiger partial charge in [0.25, 0.3) is 0 Å². The number of aryl methyl sites for hydroxylation is 1. The number of aromatic nitrogens is 1. The summed E-state index contributed by atoms with van der Waals surface area (Å²) < 4.78 is 5.22. The van der Waals surface area contributed by atoms with Gasteiger partial charge in [-0.3, -0.25) is 4.98 Å². The van der Waals surface area contributed by atoms with E-state index in [-0.39, 0.29) is 0 Å². The minimum atomic E-state index is -0.459. The first kappa shape index (κ1) is 9.87. The van der Waals surface area contributed by atoms with E-state index >= 15 is 0 Å². The molecule has 1 saturated carbocycles. The van der Waals surface area contributed by atoms with Crippen LogP contribution in [0.3, 0.4) is 0 Å². The average Bonchev–Trinajstić information content (AvgIpc) is 2.99. The summed E-state index contributed by atoms with van der Waals surface area (Å²) >= 11 is 0. The highest BCUT2D eigenvalue weighted by Crippen LogP contribution is 2.51. The van der Waals surface area contributed by atoms with Crippen LogP contribution in [0, 0.1) is 6.92 Å². The Labute approximate surface area is 88.0 Å². The molecule has 0 unspecified atom stereocenters. The molecule has 1 fully saturated rings. The standard InChI is InChI=1S/C11H12N2O2/c1-8-3-4-9(15-2)10(13-8)11(5-6-11)12-7-14/h3-4H,5-6H2,1-2H3. The van der Waals surface area contributed by atoms with Crippen LogP contribution in [-0.2, 0) is 10.3 Å². The van der Waals surface area contributed by atoms with Crippen LogP contribution < -0.4 is 4.74 Å². The van der Waals surface area contributed by atoms with Crippen molar-refractivity contribution in [2.75, 3.05) is 7.11 Å². The molecule has 4 nitrogen and oxygen atoms in total. The summed E-state index contributed by atoms with van der Waals surface area (Å²) in [5.41, 5.74) is 1.20. The highest BCUT2D eigenvalue weighted by Gasteiger charge is 2.48. The van der Waals surface area contributed by atoms with E-state index in [0.29, 0.717) is 5.75 Å². The minimum absolute atomic E-state index is 0.459. The lowest BCUT2D eigenvalue weighted by molar-refractivity contribution is 0.400. The molecule has 4 heteroatoms. The van der Waals surface area contributed by atoms with Gasteiger partial charge < -0.3 is 4.74 Å². The van der Waals surface area contributed by atoms with E-state index in [0.717, 1.165) is 24.2 Å². The Bertz CT molecular complexity index is 432. The summed E-state index contributed by atoms with van der Waals surface area (Å²) in [6.45, 7) is 1.91. The van der Waals surface area contributed by atoms with E-state index in [1.807, 2.05) is 19.1 Å². The third-order valence-corrected chi connectivity index (χ3v) is 2.64. The van der Waals surface area contributed by atoms with Gasteiger partial charge in [-0.25, -0.2) is 4.79 Å². The molecule has 0 aliphatic heterocycles. The van der Waals surface area contributed by atoms with Crippen LogP contribution in [0.15, 0.2) is 17.1 Å². The van der Waals surface area contributed by atoms with Crippen molar-refractivity contribution < 1.29 is 9.53 Å². The predicted octanol–water partition coefficient (Wildman–Crippen LogP) is 1.72. The molecule has 0 amide bonds. The first-order chi connectivity index (χ1) is 7.22. The fourth-order valence-electron chi connectivity index (χ4n) is 1.65. The molecule has 0 aromatic carbocycles. The molecule has 0 saturated heterocycles. The van der Waals surface area contributed by atoms with Crippen LogP contribution in [0.25, 0.3) is 0 Å². The number of methoxy groups -OCH3 is 1. The second kappa shape index (κ2) is 3.48. The van der Waals surface area contributed by atoms with Gasteiger partial charge in [-0.15, -0.1) is 0 Å². The smallest absolute Gasteiger partial charge is 0.235 e. The van der Waals surface area contributed by atoms with Crippen LogP contribution in [-0.4, -0.2) is 18.2 Å². The molecule has 1 aromatic rings. The number of nitrogens with zero attached hydrogens (tertiary/aromatic N) is 2. The molecule has 15 heavy (non-hydrogen) atoms. The molecule has 0 N–H and O–H groups in total. The molecule has 0 radical (unpaired) electrons. The molecule has 1 heterocycles. The number of pyridine rings is 1. The molecule has 1 aromatic heterocycles. The van der Waals surface area contributed by atoms with Crippen LogP contribution in [0.1, 0.15) is 24.2 Å². The summed E-state index contributed by atoms with van der Waals surface area (Å²) in [6, 6.07) is 3.74. The second-order valence-electron chi connectivity index (χ2n) is 3.74. The number of ether oxygens (including phenoxy) is 1. The molecule has 0 bridgehead atoms. The highest BCUT2D eigenvalue weighted by molar-refractivity contribution is 5.44. The molecule has 0 atom stereocenters. The number of carbonyl (C=O) groups excluding carboxylic acids is 1. The van der Waals surface area contributed by atoms with Crippen LogP contribution in [0.4, 0.5) is 0 Å². The zero-order chi connectivity index (χ0) is 10.9.